The van der Waals surface area contributed by atoms with Crippen LogP contribution in [0.15, 0.2) is 30.3 Å². The molecule has 2 aromatic rings. The van der Waals surface area contributed by atoms with Crippen LogP contribution in [0.5, 0.6) is 0 Å². The van der Waals surface area contributed by atoms with E-state index in [1.807, 2.05) is 25.7 Å². The van der Waals surface area contributed by atoms with Gasteiger partial charge in [0.15, 0.2) is 0 Å². The summed E-state index contributed by atoms with van der Waals surface area (Å²) in [5.41, 5.74) is 9.58. The predicted octanol–water partition coefficient (Wildman–Crippen LogP) is 5.88. The van der Waals surface area contributed by atoms with Crippen LogP contribution in [-0.4, -0.2) is 29.7 Å². The van der Waals surface area contributed by atoms with Crippen molar-refractivity contribution in [1.29, 1.82) is 0 Å². The SMILES string of the molecule is Cc1cccc(-c2c3c(cc4c2CCN(C(=O)OC(C)(C)C)CC4)CCCC3)c1. The van der Waals surface area contributed by atoms with E-state index in [4.69, 9.17) is 4.74 Å². The number of hydrogen-bond donors (Lipinski definition) is 0. The molecular formula is C26H33NO2. The van der Waals surface area contributed by atoms with Crippen LogP contribution < -0.4 is 0 Å². The van der Waals surface area contributed by atoms with Gasteiger partial charge in [-0.3, -0.25) is 0 Å². The largest absolute Gasteiger partial charge is 0.444 e. The Morgan fingerprint density at radius 2 is 1.62 bits per heavy atom. The van der Waals surface area contributed by atoms with Crippen molar-refractivity contribution in [2.24, 2.45) is 0 Å². The Hall–Kier alpha value is -2.29. The minimum Gasteiger partial charge on any atom is -0.444 e. The molecule has 29 heavy (non-hydrogen) atoms. The Morgan fingerprint density at radius 3 is 2.38 bits per heavy atom. The molecule has 0 unspecified atom stereocenters. The highest BCUT2D eigenvalue weighted by Gasteiger charge is 2.27. The fourth-order valence-electron chi connectivity index (χ4n) is 4.79. The van der Waals surface area contributed by atoms with Gasteiger partial charge in [-0.2, -0.15) is 0 Å². The first kappa shape index (κ1) is 20.0. The van der Waals surface area contributed by atoms with Crippen molar-refractivity contribution in [1.82, 2.24) is 4.90 Å². The van der Waals surface area contributed by atoms with Crippen LogP contribution in [0.3, 0.4) is 0 Å². The molecule has 0 saturated carbocycles. The number of aryl methyl sites for hydroxylation is 2. The molecule has 0 N–H and O–H groups in total. The van der Waals surface area contributed by atoms with Gasteiger partial charge in [-0.15, -0.1) is 0 Å². The molecule has 0 aromatic heterocycles. The van der Waals surface area contributed by atoms with E-state index in [1.54, 1.807) is 5.56 Å². The highest BCUT2D eigenvalue weighted by atomic mass is 16.6. The van der Waals surface area contributed by atoms with Crippen LogP contribution in [0.4, 0.5) is 4.79 Å². The molecule has 2 aliphatic rings. The average molecular weight is 392 g/mol. The Balaban J connectivity index is 1.73. The highest BCUT2D eigenvalue weighted by molar-refractivity contribution is 5.76. The normalized spacial score (nSPS) is 16.6. The molecule has 0 atom stereocenters. The zero-order chi connectivity index (χ0) is 20.6. The van der Waals surface area contributed by atoms with Crippen molar-refractivity contribution in [2.75, 3.05) is 13.1 Å². The van der Waals surface area contributed by atoms with Crippen molar-refractivity contribution in [3.8, 4) is 11.1 Å². The van der Waals surface area contributed by atoms with Crippen LogP contribution in [0.1, 0.15) is 61.4 Å². The van der Waals surface area contributed by atoms with Crippen molar-refractivity contribution in [3.63, 3.8) is 0 Å². The minimum atomic E-state index is -0.456. The minimum absolute atomic E-state index is 0.188. The Bertz CT molecular complexity index is 923. The quantitative estimate of drug-likeness (QED) is 0.608. The van der Waals surface area contributed by atoms with Gasteiger partial charge in [-0.05, 0) is 99.6 Å². The third-order valence-electron chi connectivity index (χ3n) is 6.09. The van der Waals surface area contributed by atoms with Crippen LogP contribution in [-0.2, 0) is 30.4 Å². The van der Waals surface area contributed by atoms with E-state index >= 15 is 0 Å². The average Bonchev–Trinajstić information content (AvgIpc) is 2.87. The van der Waals surface area contributed by atoms with Crippen LogP contribution in [0.2, 0.25) is 0 Å². The molecule has 4 rings (SSSR count). The van der Waals surface area contributed by atoms with Crippen LogP contribution >= 0.6 is 0 Å². The smallest absolute Gasteiger partial charge is 0.410 e. The highest BCUT2D eigenvalue weighted by Crippen LogP contribution is 2.38. The van der Waals surface area contributed by atoms with E-state index in [9.17, 15) is 4.79 Å². The van der Waals surface area contributed by atoms with Crippen molar-refractivity contribution in [2.45, 2.75) is 71.8 Å². The summed E-state index contributed by atoms with van der Waals surface area (Å²) in [6.45, 7) is 9.42. The molecule has 0 bridgehead atoms. The molecule has 1 amide bonds. The standard InChI is InChI=1S/C26H33NO2/c1-18-8-7-10-21(16-18)24-22-11-6-5-9-19(22)17-20-12-14-27(15-13-23(20)24)25(28)29-26(2,3)4/h7-8,10,16-17H,5-6,9,11-15H2,1-4H3. The monoisotopic (exact) mass is 391 g/mol. The molecule has 0 saturated heterocycles. The van der Waals surface area contributed by atoms with E-state index < -0.39 is 5.60 Å². The number of rotatable bonds is 1. The molecule has 2 aromatic carbocycles. The summed E-state index contributed by atoms with van der Waals surface area (Å²) >= 11 is 0. The number of fused-ring (bicyclic) bond motifs is 2. The van der Waals surface area contributed by atoms with Gasteiger partial charge in [0, 0.05) is 13.1 Å². The number of carbonyl (C=O) groups excluding carboxylic acids is 1. The number of carbonyl (C=O) groups is 1. The molecule has 1 aliphatic heterocycles. The van der Waals surface area contributed by atoms with E-state index in [0.717, 1.165) is 25.9 Å². The summed E-state index contributed by atoms with van der Waals surface area (Å²) in [6.07, 6.45) is 6.51. The fourth-order valence-corrected chi connectivity index (χ4v) is 4.79. The molecule has 0 radical (unpaired) electrons. The second kappa shape index (κ2) is 7.85. The second-order valence-corrected chi connectivity index (χ2v) is 9.57. The maximum Gasteiger partial charge on any atom is 0.410 e. The first-order valence-electron chi connectivity index (χ1n) is 11.0. The summed E-state index contributed by atoms with van der Waals surface area (Å²) in [4.78, 5) is 14.6. The third-order valence-corrected chi connectivity index (χ3v) is 6.09. The number of amides is 1. The molecule has 1 aliphatic carbocycles. The van der Waals surface area contributed by atoms with Crippen LogP contribution in [0.25, 0.3) is 11.1 Å². The lowest BCUT2D eigenvalue weighted by molar-refractivity contribution is 0.0258. The molecule has 0 fully saturated rings. The lowest BCUT2D eigenvalue weighted by Gasteiger charge is -2.26. The summed E-state index contributed by atoms with van der Waals surface area (Å²) in [5.74, 6) is 0. The maximum absolute atomic E-state index is 12.7. The first-order valence-corrected chi connectivity index (χ1v) is 11.0. The molecule has 1 heterocycles. The first-order chi connectivity index (χ1) is 13.8. The summed E-state index contributed by atoms with van der Waals surface area (Å²) in [7, 11) is 0. The zero-order valence-electron chi connectivity index (χ0n) is 18.3. The summed E-state index contributed by atoms with van der Waals surface area (Å²) in [6, 6.07) is 11.4. The lowest BCUT2D eigenvalue weighted by Crippen LogP contribution is -2.38. The van der Waals surface area contributed by atoms with Gasteiger partial charge < -0.3 is 9.64 Å². The lowest BCUT2D eigenvalue weighted by atomic mass is 9.80. The topological polar surface area (TPSA) is 29.5 Å². The van der Waals surface area contributed by atoms with Gasteiger partial charge in [-0.25, -0.2) is 4.79 Å². The molecule has 0 spiro atoms. The van der Waals surface area contributed by atoms with E-state index in [2.05, 4.69) is 37.3 Å². The van der Waals surface area contributed by atoms with E-state index in [1.165, 1.54) is 59.1 Å². The second-order valence-electron chi connectivity index (χ2n) is 9.57. The number of ether oxygens (including phenoxy) is 1. The van der Waals surface area contributed by atoms with Crippen molar-refractivity contribution in [3.05, 3.63) is 58.1 Å². The molecule has 154 valence electrons. The molecule has 3 heteroatoms. The van der Waals surface area contributed by atoms with Crippen molar-refractivity contribution >= 4 is 6.09 Å². The predicted molar refractivity (Wildman–Crippen MR) is 118 cm³/mol. The summed E-state index contributed by atoms with van der Waals surface area (Å²) < 4.78 is 5.65. The Kier molecular flexibility index (Phi) is 5.42. The van der Waals surface area contributed by atoms with Gasteiger partial charge >= 0.3 is 6.09 Å². The third kappa shape index (κ3) is 4.34. The summed E-state index contributed by atoms with van der Waals surface area (Å²) in [5, 5.41) is 0. The van der Waals surface area contributed by atoms with Crippen LogP contribution in [0, 0.1) is 6.92 Å². The zero-order valence-corrected chi connectivity index (χ0v) is 18.3. The van der Waals surface area contributed by atoms with Gasteiger partial charge in [-0.1, -0.05) is 35.9 Å². The van der Waals surface area contributed by atoms with E-state index in [0.29, 0.717) is 0 Å². The molecule has 3 nitrogen and oxygen atoms in total. The van der Waals surface area contributed by atoms with Gasteiger partial charge in [0.05, 0.1) is 0 Å². The maximum atomic E-state index is 12.7. The Labute approximate surface area is 175 Å². The molecular weight excluding hydrogens is 358 g/mol. The van der Waals surface area contributed by atoms with E-state index in [-0.39, 0.29) is 6.09 Å². The van der Waals surface area contributed by atoms with Gasteiger partial charge in [0.2, 0.25) is 0 Å². The fraction of sp³-hybridized carbons (Fsp3) is 0.500. The van der Waals surface area contributed by atoms with Crippen molar-refractivity contribution < 1.29 is 9.53 Å². The number of nitrogens with zero attached hydrogens (tertiary/aromatic N) is 1. The Morgan fingerprint density at radius 1 is 0.931 bits per heavy atom. The number of benzene rings is 2. The van der Waals surface area contributed by atoms with Gasteiger partial charge in [0.25, 0.3) is 0 Å². The van der Waals surface area contributed by atoms with Gasteiger partial charge in [0.1, 0.15) is 5.60 Å². The number of hydrogen-bond acceptors (Lipinski definition) is 2.